The number of carbonyl (C=O) groups is 2. The number of carboxylic acid groups (broad SMARTS) is 1. The lowest BCUT2D eigenvalue weighted by Crippen LogP contribution is -2.15. The number of nitrogens with one attached hydrogen (secondary N) is 1. The lowest BCUT2D eigenvalue weighted by Gasteiger charge is -2.11. The van der Waals surface area contributed by atoms with Crippen molar-refractivity contribution in [3.63, 3.8) is 0 Å². The SMILES string of the molecule is C#CCOc1cc(NC(=O)CSCC(=O)O)c(Cl)cc1Cl. The number of amides is 1. The van der Waals surface area contributed by atoms with Crippen LogP contribution in [0, 0.1) is 12.3 Å². The molecule has 5 nitrogen and oxygen atoms in total. The molecular weight excluding hydrogens is 337 g/mol. The molecule has 1 aromatic rings. The summed E-state index contributed by atoms with van der Waals surface area (Å²) in [6.45, 7) is 0.0310. The number of thioether (sulfide) groups is 1. The maximum Gasteiger partial charge on any atom is 0.313 e. The molecule has 0 spiro atoms. The fourth-order valence-corrected chi connectivity index (χ4v) is 2.29. The van der Waals surface area contributed by atoms with Gasteiger partial charge in [0.1, 0.15) is 12.4 Å². The Morgan fingerprint density at radius 2 is 2.05 bits per heavy atom. The van der Waals surface area contributed by atoms with Gasteiger partial charge in [-0.1, -0.05) is 29.1 Å². The number of rotatable bonds is 7. The third kappa shape index (κ3) is 6.17. The fraction of sp³-hybridized carbons (Fsp3) is 0.231. The summed E-state index contributed by atoms with van der Waals surface area (Å²) in [6.07, 6.45) is 5.09. The van der Waals surface area contributed by atoms with Gasteiger partial charge in [-0.25, -0.2) is 0 Å². The van der Waals surface area contributed by atoms with Crippen LogP contribution in [0.15, 0.2) is 12.1 Å². The van der Waals surface area contributed by atoms with E-state index in [2.05, 4.69) is 11.2 Å². The molecule has 8 heteroatoms. The van der Waals surface area contributed by atoms with Crippen LogP contribution < -0.4 is 10.1 Å². The van der Waals surface area contributed by atoms with E-state index in [9.17, 15) is 9.59 Å². The molecule has 0 aromatic heterocycles. The normalized spacial score (nSPS) is 9.76. The molecule has 112 valence electrons. The zero-order valence-corrected chi connectivity index (χ0v) is 13.0. The Morgan fingerprint density at radius 3 is 2.67 bits per heavy atom. The summed E-state index contributed by atoms with van der Waals surface area (Å²) in [4.78, 5) is 22.0. The van der Waals surface area contributed by atoms with E-state index >= 15 is 0 Å². The van der Waals surface area contributed by atoms with Crippen LogP contribution in [0.4, 0.5) is 5.69 Å². The molecule has 0 saturated carbocycles. The summed E-state index contributed by atoms with van der Waals surface area (Å²) in [6, 6.07) is 2.89. The predicted molar refractivity (Wildman–Crippen MR) is 84.4 cm³/mol. The molecular formula is C13H11Cl2NO4S. The molecule has 2 N–H and O–H groups in total. The lowest BCUT2D eigenvalue weighted by molar-refractivity contribution is -0.133. The first-order valence-corrected chi connectivity index (χ1v) is 7.49. The van der Waals surface area contributed by atoms with E-state index in [4.69, 9.17) is 39.5 Å². The van der Waals surface area contributed by atoms with Crippen molar-refractivity contribution in [2.45, 2.75) is 0 Å². The second-order valence-electron chi connectivity index (χ2n) is 3.69. The third-order valence-electron chi connectivity index (χ3n) is 2.07. The van der Waals surface area contributed by atoms with Gasteiger partial charge in [-0.05, 0) is 6.07 Å². The van der Waals surface area contributed by atoms with Gasteiger partial charge in [0.05, 0.1) is 27.2 Å². The van der Waals surface area contributed by atoms with Gasteiger partial charge in [-0.2, -0.15) is 0 Å². The van der Waals surface area contributed by atoms with Gasteiger partial charge in [0.25, 0.3) is 0 Å². The molecule has 0 aliphatic carbocycles. The van der Waals surface area contributed by atoms with Crippen molar-refractivity contribution >= 4 is 52.5 Å². The van der Waals surface area contributed by atoms with Gasteiger partial charge >= 0.3 is 5.97 Å². The van der Waals surface area contributed by atoms with E-state index in [-0.39, 0.29) is 34.1 Å². The molecule has 0 heterocycles. The maximum atomic E-state index is 11.7. The summed E-state index contributed by atoms with van der Waals surface area (Å²) >= 11 is 12.9. The number of ether oxygens (including phenoxy) is 1. The standard InChI is InChI=1S/C13H11Cl2NO4S/c1-2-3-20-11-5-10(8(14)4-9(11)15)16-12(17)6-21-7-13(18)19/h1,4-5H,3,6-7H2,(H,16,17)(H,18,19). The van der Waals surface area contributed by atoms with E-state index in [1.807, 2.05) is 0 Å². The van der Waals surface area contributed by atoms with Crippen molar-refractivity contribution in [1.29, 1.82) is 0 Å². The Labute approximate surface area is 135 Å². The minimum absolute atomic E-state index is 0.00813. The fourth-order valence-electron chi connectivity index (χ4n) is 1.27. The zero-order chi connectivity index (χ0) is 15.8. The second-order valence-corrected chi connectivity index (χ2v) is 5.49. The molecule has 0 fully saturated rings. The van der Waals surface area contributed by atoms with Crippen LogP contribution in [0.1, 0.15) is 0 Å². The summed E-state index contributed by atoms with van der Waals surface area (Å²) in [5.74, 6) is 1.07. The number of benzene rings is 1. The number of carbonyl (C=O) groups excluding carboxylic acids is 1. The molecule has 0 atom stereocenters. The summed E-state index contributed by atoms with van der Waals surface area (Å²) in [5.41, 5.74) is 0.314. The van der Waals surface area contributed by atoms with Crippen LogP contribution >= 0.6 is 35.0 Å². The minimum Gasteiger partial charge on any atom is -0.481 e. The largest absolute Gasteiger partial charge is 0.481 e. The van der Waals surface area contributed by atoms with Crippen LogP contribution in [-0.4, -0.2) is 35.1 Å². The first kappa shape index (κ1) is 17.5. The number of hydrogen-bond acceptors (Lipinski definition) is 4. The van der Waals surface area contributed by atoms with E-state index in [0.717, 1.165) is 11.8 Å². The molecule has 0 radical (unpaired) electrons. The Balaban J connectivity index is 2.71. The number of anilines is 1. The Hall–Kier alpha value is -1.55. The van der Waals surface area contributed by atoms with E-state index in [1.165, 1.54) is 12.1 Å². The molecule has 21 heavy (non-hydrogen) atoms. The highest BCUT2D eigenvalue weighted by atomic mass is 35.5. The Kier molecular flexibility index (Phi) is 7.23. The first-order valence-electron chi connectivity index (χ1n) is 5.58. The molecule has 1 rings (SSSR count). The highest BCUT2D eigenvalue weighted by molar-refractivity contribution is 8.00. The number of hydrogen-bond donors (Lipinski definition) is 2. The van der Waals surface area contributed by atoms with Crippen molar-refractivity contribution in [1.82, 2.24) is 0 Å². The third-order valence-corrected chi connectivity index (χ3v) is 3.59. The average Bonchev–Trinajstić information content (AvgIpc) is 2.40. The summed E-state index contributed by atoms with van der Waals surface area (Å²) in [5, 5.41) is 11.6. The minimum atomic E-state index is -0.984. The highest BCUT2D eigenvalue weighted by Gasteiger charge is 2.11. The molecule has 0 aliphatic rings. The van der Waals surface area contributed by atoms with Crippen LogP contribution in [0.3, 0.4) is 0 Å². The monoisotopic (exact) mass is 347 g/mol. The van der Waals surface area contributed by atoms with E-state index in [1.54, 1.807) is 0 Å². The quantitative estimate of drug-likeness (QED) is 0.741. The van der Waals surface area contributed by atoms with Crippen molar-refractivity contribution in [3.8, 4) is 18.1 Å². The average molecular weight is 348 g/mol. The lowest BCUT2D eigenvalue weighted by atomic mass is 10.3. The van der Waals surface area contributed by atoms with E-state index < -0.39 is 5.97 Å². The van der Waals surface area contributed by atoms with Gasteiger partial charge in [0.15, 0.2) is 0 Å². The zero-order valence-electron chi connectivity index (χ0n) is 10.7. The van der Waals surface area contributed by atoms with Gasteiger partial charge in [0, 0.05) is 6.07 Å². The number of halogens is 2. The van der Waals surface area contributed by atoms with Gasteiger partial charge in [-0.15, -0.1) is 18.2 Å². The Morgan fingerprint density at radius 1 is 1.33 bits per heavy atom. The van der Waals surface area contributed by atoms with Gasteiger partial charge in [0.2, 0.25) is 5.91 Å². The van der Waals surface area contributed by atoms with Crippen molar-refractivity contribution < 1.29 is 19.4 Å². The van der Waals surface area contributed by atoms with E-state index in [0.29, 0.717) is 11.4 Å². The maximum absolute atomic E-state index is 11.7. The van der Waals surface area contributed by atoms with Crippen LogP contribution in [0.5, 0.6) is 5.75 Å². The smallest absolute Gasteiger partial charge is 0.313 e. The van der Waals surface area contributed by atoms with Crippen LogP contribution in [-0.2, 0) is 9.59 Å². The molecule has 0 bridgehead atoms. The molecule has 1 aromatic carbocycles. The second kappa shape index (κ2) is 8.67. The van der Waals surface area contributed by atoms with Gasteiger partial charge in [-0.3, -0.25) is 9.59 Å². The van der Waals surface area contributed by atoms with Crippen molar-refractivity contribution in [2.24, 2.45) is 0 Å². The summed E-state index contributed by atoms with van der Waals surface area (Å²) in [7, 11) is 0. The van der Waals surface area contributed by atoms with Crippen molar-refractivity contribution in [3.05, 3.63) is 22.2 Å². The Bertz CT molecular complexity index is 586. The number of terminal acetylenes is 1. The topological polar surface area (TPSA) is 75.6 Å². The molecule has 0 saturated heterocycles. The van der Waals surface area contributed by atoms with Gasteiger partial charge < -0.3 is 15.2 Å². The van der Waals surface area contributed by atoms with Crippen molar-refractivity contribution in [2.75, 3.05) is 23.4 Å². The van der Waals surface area contributed by atoms with Crippen LogP contribution in [0.2, 0.25) is 10.0 Å². The number of aliphatic carboxylic acids is 1. The van der Waals surface area contributed by atoms with Crippen LogP contribution in [0.25, 0.3) is 0 Å². The summed E-state index contributed by atoms with van der Waals surface area (Å²) < 4.78 is 5.21. The molecule has 0 unspecified atom stereocenters. The first-order chi connectivity index (χ1) is 9.93. The number of carboxylic acids is 1. The predicted octanol–water partition coefficient (Wildman–Crippen LogP) is 2.76. The molecule has 1 amide bonds. The molecule has 0 aliphatic heterocycles. The highest BCUT2D eigenvalue weighted by Crippen LogP contribution is 2.34.